The van der Waals surface area contributed by atoms with Crippen LogP contribution in [0.15, 0.2) is 77.1 Å². The molecule has 0 fully saturated rings. The number of ketones is 1. The molecule has 184 valence electrons. The quantitative estimate of drug-likeness (QED) is 0.394. The van der Waals surface area contributed by atoms with Crippen LogP contribution in [0.25, 0.3) is 0 Å². The molecule has 6 heteroatoms. The third-order valence-corrected chi connectivity index (χ3v) is 7.59. The largest absolute Gasteiger partial charge is 0.461 e. The number of benzene rings is 2. The molecule has 1 aliphatic carbocycles. The molecule has 0 bridgehead atoms. The molecule has 0 spiro atoms. The van der Waals surface area contributed by atoms with E-state index in [1.165, 1.54) is 5.56 Å². The number of nitrogens with one attached hydrogen (secondary N) is 1. The van der Waals surface area contributed by atoms with E-state index in [0.29, 0.717) is 24.2 Å². The lowest BCUT2D eigenvalue weighted by molar-refractivity contribution is -0.138. The Morgan fingerprint density at radius 1 is 1.06 bits per heavy atom. The molecule has 2 aliphatic rings. The van der Waals surface area contributed by atoms with E-state index in [1.54, 1.807) is 11.8 Å². The van der Waals surface area contributed by atoms with Crippen molar-refractivity contribution in [3.05, 3.63) is 88.3 Å². The van der Waals surface area contributed by atoms with E-state index < -0.39 is 5.92 Å². The first-order valence-electron chi connectivity index (χ1n) is 12.2. The number of Topliss-reactive ketones (excluding diaryl/α,β-unsaturated/α-hetero) is 1. The predicted octanol–water partition coefficient (Wildman–Crippen LogP) is 5.41. The van der Waals surface area contributed by atoms with Gasteiger partial charge in [-0.1, -0.05) is 49.4 Å². The summed E-state index contributed by atoms with van der Waals surface area (Å²) in [6.45, 7) is 4.36. The first-order chi connectivity index (χ1) is 16.9. The Bertz CT molecular complexity index is 1140. The van der Waals surface area contributed by atoms with Crippen molar-refractivity contribution >= 4 is 29.2 Å². The zero-order chi connectivity index (χ0) is 24.9. The highest BCUT2D eigenvalue weighted by molar-refractivity contribution is 7.99. The molecule has 1 aliphatic heterocycles. The summed E-state index contributed by atoms with van der Waals surface area (Å²) in [5, 5.41) is 3.43. The summed E-state index contributed by atoms with van der Waals surface area (Å²) in [7, 11) is 3.99. The lowest BCUT2D eigenvalue weighted by Crippen LogP contribution is -2.36. The normalized spacial score (nSPS) is 19.8. The van der Waals surface area contributed by atoms with Gasteiger partial charge in [-0.2, -0.15) is 11.8 Å². The molecule has 2 aromatic carbocycles. The molecule has 0 saturated carbocycles. The maximum absolute atomic E-state index is 13.7. The molecule has 2 atom stereocenters. The Balaban J connectivity index is 1.72. The van der Waals surface area contributed by atoms with Crippen molar-refractivity contribution in [2.45, 2.75) is 38.5 Å². The minimum absolute atomic E-state index is 0.0913. The van der Waals surface area contributed by atoms with Crippen LogP contribution in [0.4, 0.5) is 5.69 Å². The lowest BCUT2D eigenvalue weighted by Gasteiger charge is -2.36. The molecule has 35 heavy (non-hydrogen) atoms. The fourth-order valence-corrected chi connectivity index (χ4v) is 5.47. The smallest absolute Gasteiger partial charge is 0.336 e. The van der Waals surface area contributed by atoms with Crippen molar-refractivity contribution in [3.8, 4) is 0 Å². The van der Waals surface area contributed by atoms with Gasteiger partial charge in [0, 0.05) is 54.8 Å². The molecule has 0 unspecified atom stereocenters. The van der Waals surface area contributed by atoms with Gasteiger partial charge in [0.25, 0.3) is 0 Å². The van der Waals surface area contributed by atoms with Crippen molar-refractivity contribution in [3.63, 3.8) is 0 Å². The first kappa shape index (κ1) is 25.1. The van der Waals surface area contributed by atoms with Gasteiger partial charge in [0.15, 0.2) is 5.78 Å². The Morgan fingerprint density at radius 3 is 2.43 bits per heavy atom. The summed E-state index contributed by atoms with van der Waals surface area (Å²) < 4.78 is 5.67. The monoisotopic (exact) mass is 490 g/mol. The third kappa shape index (κ3) is 5.48. The van der Waals surface area contributed by atoms with E-state index in [9.17, 15) is 9.59 Å². The summed E-state index contributed by atoms with van der Waals surface area (Å²) in [6.07, 6.45) is 1.18. The van der Waals surface area contributed by atoms with Gasteiger partial charge in [-0.25, -0.2) is 4.79 Å². The van der Waals surface area contributed by atoms with Gasteiger partial charge in [-0.3, -0.25) is 4.79 Å². The molecule has 1 heterocycles. The minimum atomic E-state index is -0.432. The molecule has 2 aromatic rings. The van der Waals surface area contributed by atoms with Gasteiger partial charge in [0.2, 0.25) is 0 Å². The van der Waals surface area contributed by atoms with Crippen LogP contribution in [0.3, 0.4) is 0 Å². The van der Waals surface area contributed by atoms with Crippen LogP contribution in [0.2, 0.25) is 0 Å². The maximum Gasteiger partial charge on any atom is 0.336 e. The predicted molar refractivity (Wildman–Crippen MR) is 144 cm³/mol. The standard InChI is InChI=1S/C29H34N2O3S/c1-5-35-16-15-34-29(33)26-19(2)30-24-17-22(20-9-7-6-8-10-20)18-25(32)28(24)27(26)21-11-13-23(14-12-21)31(3)4/h6-14,22,27,30H,5,15-18H2,1-4H3/t22-,27+/m1/s1. The number of carbonyl (C=O) groups is 2. The number of ether oxygens (including phenoxy) is 1. The second-order valence-electron chi connectivity index (χ2n) is 9.25. The number of thioether (sulfide) groups is 1. The van der Waals surface area contributed by atoms with Crippen LogP contribution in [-0.4, -0.2) is 44.0 Å². The molecule has 0 amide bonds. The van der Waals surface area contributed by atoms with Crippen LogP contribution in [-0.2, 0) is 14.3 Å². The first-order valence-corrected chi connectivity index (χ1v) is 13.4. The number of hydrogen-bond acceptors (Lipinski definition) is 6. The number of esters is 1. The average molecular weight is 491 g/mol. The topological polar surface area (TPSA) is 58.6 Å². The Labute approximate surface area is 212 Å². The summed E-state index contributed by atoms with van der Waals surface area (Å²) in [4.78, 5) is 29.0. The number of dihydropyridines is 1. The number of hydrogen-bond donors (Lipinski definition) is 1. The second-order valence-corrected chi connectivity index (χ2v) is 10.6. The number of carbonyl (C=O) groups excluding carboxylic acids is 2. The van der Waals surface area contributed by atoms with Gasteiger partial charge < -0.3 is 15.0 Å². The molecule has 0 saturated heterocycles. The van der Waals surface area contributed by atoms with Crippen molar-refractivity contribution in [2.24, 2.45) is 0 Å². The summed E-state index contributed by atoms with van der Waals surface area (Å²) in [5.41, 5.74) is 6.10. The molecule has 0 radical (unpaired) electrons. The molecular formula is C29H34N2O3S. The van der Waals surface area contributed by atoms with Crippen molar-refractivity contribution in [1.82, 2.24) is 5.32 Å². The Morgan fingerprint density at radius 2 is 1.77 bits per heavy atom. The molecule has 1 N–H and O–H groups in total. The zero-order valence-electron chi connectivity index (χ0n) is 21.0. The SMILES string of the molecule is CCSCCOC(=O)C1=C(C)NC2=C(C(=O)C[C@H](c3ccccc3)C2)[C@H]1c1ccc(N(C)C)cc1. The zero-order valence-corrected chi connectivity index (χ0v) is 21.8. The summed E-state index contributed by atoms with van der Waals surface area (Å²) in [6, 6.07) is 18.3. The van der Waals surface area contributed by atoms with Gasteiger partial charge in [0.05, 0.1) is 5.57 Å². The maximum atomic E-state index is 13.7. The van der Waals surface area contributed by atoms with Crippen molar-refractivity contribution in [1.29, 1.82) is 0 Å². The third-order valence-electron chi connectivity index (χ3n) is 6.73. The van der Waals surface area contributed by atoms with E-state index in [0.717, 1.165) is 40.6 Å². The van der Waals surface area contributed by atoms with E-state index >= 15 is 0 Å². The molecule has 5 nitrogen and oxygen atoms in total. The fourth-order valence-electron chi connectivity index (χ4n) is 4.98. The van der Waals surface area contributed by atoms with Crippen molar-refractivity contribution < 1.29 is 14.3 Å². The number of anilines is 1. The van der Waals surface area contributed by atoms with Gasteiger partial charge >= 0.3 is 5.97 Å². The van der Waals surface area contributed by atoms with Crippen LogP contribution in [0.5, 0.6) is 0 Å². The van der Waals surface area contributed by atoms with Crippen LogP contribution >= 0.6 is 11.8 Å². The van der Waals surface area contributed by atoms with Crippen LogP contribution < -0.4 is 10.2 Å². The Kier molecular flexibility index (Phi) is 8.01. The van der Waals surface area contributed by atoms with E-state index in [1.807, 2.05) is 68.4 Å². The number of allylic oxidation sites excluding steroid dienone is 3. The summed E-state index contributed by atoms with van der Waals surface area (Å²) in [5.74, 6) is 1.17. The summed E-state index contributed by atoms with van der Waals surface area (Å²) >= 11 is 1.74. The fraction of sp³-hybridized carbons (Fsp3) is 0.379. The lowest BCUT2D eigenvalue weighted by atomic mass is 9.71. The van der Waals surface area contributed by atoms with Gasteiger partial charge in [-0.05, 0) is 48.3 Å². The highest BCUT2D eigenvalue weighted by atomic mass is 32.2. The highest BCUT2D eigenvalue weighted by Crippen LogP contribution is 2.45. The minimum Gasteiger partial charge on any atom is -0.461 e. The van der Waals surface area contributed by atoms with E-state index in [2.05, 4.69) is 24.4 Å². The molecular weight excluding hydrogens is 456 g/mol. The van der Waals surface area contributed by atoms with Crippen LogP contribution in [0, 0.1) is 0 Å². The van der Waals surface area contributed by atoms with Gasteiger partial charge in [-0.15, -0.1) is 0 Å². The second kappa shape index (κ2) is 11.2. The van der Waals surface area contributed by atoms with E-state index in [-0.39, 0.29) is 17.7 Å². The van der Waals surface area contributed by atoms with Crippen LogP contribution in [0.1, 0.15) is 49.7 Å². The number of nitrogens with zero attached hydrogens (tertiary/aromatic N) is 1. The van der Waals surface area contributed by atoms with Crippen molar-refractivity contribution in [2.75, 3.05) is 37.1 Å². The average Bonchev–Trinajstić information content (AvgIpc) is 2.86. The van der Waals surface area contributed by atoms with Gasteiger partial charge in [0.1, 0.15) is 6.61 Å². The Hall–Kier alpha value is -2.99. The highest BCUT2D eigenvalue weighted by Gasteiger charge is 2.41. The number of rotatable bonds is 8. The molecule has 4 rings (SSSR count). The molecule has 0 aromatic heterocycles. The van der Waals surface area contributed by atoms with E-state index in [4.69, 9.17) is 4.74 Å².